The van der Waals surface area contributed by atoms with Crippen LogP contribution in [0.1, 0.15) is 0 Å². The molecule has 0 amide bonds. The molecule has 0 bridgehead atoms. The molecule has 44 valence electrons. The van der Waals surface area contributed by atoms with Crippen molar-refractivity contribution in [2.45, 2.75) is 0 Å². The molecule has 0 saturated carbocycles. The van der Waals surface area contributed by atoms with Crippen molar-refractivity contribution in [3.05, 3.63) is 0 Å². The predicted octanol–water partition coefficient (Wildman–Crippen LogP) is -6.21. The second-order valence-corrected chi connectivity index (χ2v) is 3.56. The van der Waals surface area contributed by atoms with Gasteiger partial charge in [-0.3, -0.25) is 0 Å². The Labute approximate surface area is 68.0 Å². The van der Waals surface area contributed by atoms with Gasteiger partial charge in [-0.05, 0) is 0 Å². The zero-order valence-electron chi connectivity index (χ0n) is 4.70. The van der Waals surface area contributed by atoms with Gasteiger partial charge in [-0.15, -0.1) is 0 Å². The van der Waals surface area contributed by atoms with Gasteiger partial charge in [0.25, 0.3) is 0 Å². The average Bonchev–Trinajstić information content (AvgIpc) is 1.35. The van der Waals surface area contributed by atoms with Gasteiger partial charge in [0.05, 0.1) is 0 Å². The van der Waals surface area contributed by atoms with Crippen LogP contribution in [0.25, 0.3) is 0 Å². The van der Waals surface area contributed by atoms with Gasteiger partial charge in [-0.1, -0.05) is 0 Å². The molecule has 0 unspecified atom stereocenters. The van der Waals surface area contributed by atoms with Gasteiger partial charge in [0.2, 0.25) is 0 Å². The zero-order valence-corrected chi connectivity index (χ0v) is 7.70. The SMILES string of the molecule is O[Si](O)(O)[O][AlH2].[Li+].[OH-]. The standard InChI is InChI=1S/Al.Li.H3O4Si.H2O.2H/c;;1-5(2,3)4;;;/h;;1-3H;1H2;;/q2*+1;-1;;;/p-1. The molecule has 8 heteroatoms. The Morgan fingerprint density at radius 2 is 1.38 bits per heavy atom. The molecule has 0 rings (SSSR count). The normalized spacial score (nSPS) is 8.88. The van der Waals surface area contributed by atoms with Gasteiger partial charge in [-0.25, -0.2) is 0 Å². The summed E-state index contributed by atoms with van der Waals surface area (Å²) in [5, 5.41) is 0. The van der Waals surface area contributed by atoms with Crippen molar-refractivity contribution in [3.8, 4) is 0 Å². The fourth-order valence-electron chi connectivity index (χ4n) is 0. The van der Waals surface area contributed by atoms with E-state index < -0.39 is 9.05 Å². The monoisotopic (exact) mass is 148 g/mol. The van der Waals surface area contributed by atoms with Gasteiger partial charge < -0.3 is 23.3 Å². The van der Waals surface area contributed by atoms with Gasteiger partial charge in [0, 0.05) is 0 Å². The maximum Gasteiger partial charge on any atom is 1.00 e. The number of hydrogen-bond acceptors (Lipinski definition) is 5. The van der Waals surface area contributed by atoms with E-state index in [4.69, 9.17) is 14.4 Å². The third-order valence-corrected chi connectivity index (χ3v) is 2.46. The summed E-state index contributed by atoms with van der Waals surface area (Å²) in [4.78, 5) is 23.7. The van der Waals surface area contributed by atoms with Gasteiger partial charge >= 0.3 is 44.5 Å². The maximum atomic E-state index is 7.89. The summed E-state index contributed by atoms with van der Waals surface area (Å²) in [7, 11) is -4.07. The van der Waals surface area contributed by atoms with E-state index >= 15 is 0 Å². The second kappa shape index (κ2) is 6.27. The Morgan fingerprint density at radius 1 is 1.25 bits per heavy atom. The van der Waals surface area contributed by atoms with Crippen LogP contribution in [-0.2, 0) is 3.48 Å². The molecule has 0 aliphatic rings. The molecule has 4 N–H and O–H groups in total. The van der Waals surface area contributed by atoms with E-state index in [1.54, 1.807) is 0 Å². The molecule has 0 aromatic rings. The molecular formula is H6AlLiO5Si. The Morgan fingerprint density at radius 3 is 1.38 bits per heavy atom. The molecule has 8 heavy (non-hydrogen) atoms. The minimum Gasteiger partial charge on any atom is -0.870 e. The summed E-state index contributed by atoms with van der Waals surface area (Å²) in [5.74, 6) is 0. The van der Waals surface area contributed by atoms with Crippen molar-refractivity contribution in [1.29, 1.82) is 0 Å². The molecule has 0 radical (unpaired) electrons. The van der Waals surface area contributed by atoms with Crippen LogP contribution in [0.3, 0.4) is 0 Å². The fourth-order valence-corrected chi connectivity index (χ4v) is 0. The smallest absolute Gasteiger partial charge is 0.870 e. The quantitative estimate of drug-likeness (QED) is 0.321. The van der Waals surface area contributed by atoms with Crippen molar-refractivity contribution in [1.82, 2.24) is 0 Å². The maximum absolute atomic E-state index is 7.89. The van der Waals surface area contributed by atoms with E-state index in [0.717, 1.165) is 0 Å². The van der Waals surface area contributed by atoms with Gasteiger partial charge in [-0.2, -0.15) is 0 Å². The molecule has 0 aromatic heterocycles. The molecule has 0 fully saturated rings. The first-order chi connectivity index (χ1) is 2.56. The summed E-state index contributed by atoms with van der Waals surface area (Å²) >= 11 is 0.160. The van der Waals surface area contributed by atoms with Crippen LogP contribution in [-0.4, -0.2) is 45.5 Å². The van der Waals surface area contributed by atoms with E-state index in [2.05, 4.69) is 3.48 Å². The Balaban J connectivity index is -0.000000125. The van der Waals surface area contributed by atoms with Gasteiger partial charge in [0.15, 0.2) is 0 Å². The molecular weight excluding hydrogens is 142 g/mol. The Bertz CT molecular complexity index is 42.2. The molecule has 0 aliphatic carbocycles. The van der Waals surface area contributed by atoms with E-state index in [0.29, 0.717) is 0 Å². The molecule has 5 nitrogen and oxygen atoms in total. The van der Waals surface area contributed by atoms with Crippen molar-refractivity contribution in [2.24, 2.45) is 0 Å². The van der Waals surface area contributed by atoms with Crippen LogP contribution in [0.5, 0.6) is 0 Å². The summed E-state index contributed by atoms with van der Waals surface area (Å²) in [6.45, 7) is 0. The minimum absolute atomic E-state index is 0. The largest absolute Gasteiger partial charge is 1.00 e. The predicted molar refractivity (Wildman–Crippen MR) is 24.0 cm³/mol. The van der Waals surface area contributed by atoms with Crippen LogP contribution in [0.15, 0.2) is 0 Å². The summed E-state index contributed by atoms with van der Waals surface area (Å²) < 4.78 is 3.88. The number of hydrogen-bond donors (Lipinski definition) is 3. The van der Waals surface area contributed by atoms with Crippen molar-refractivity contribution in [3.63, 3.8) is 0 Å². The topological polar surface area (TPSA) is 99.9 Å². The van der Waals surface area contributed by atoms with Crippen LogP contribution in [0, 0.1) is 0 Å². The van der Waals surface area contributed by atoms with Crippen LogP contribution >= 0.6 is 0 Å². The van der Waals surface area contributed by atoms with E-state index in [1.165, 1.54) is 0 Å². The van der Waals surface area contributed by atoms with Crippen molar-refractivity contribution in [2.75, 3.05) is 0 Å². The van der Waals surface area contributed by atoms with Crippen LogP contribution in [0.2, 0.25) is 0 Å². The Hall–Kier alpha value is 1.15. The number of rotatable bonds is 1. The first-order valence-corrected chi connectivity index (χ1v) is 3.85. The second-order valence-electron chi connectivity index (χ2n) is 0.778. The van der Waals surface area contributed by atoms with Crippen LogP contribution in [0.4, 0.5) is 0 Å². The zero-order chi connectivity index (χ0) is 5.21. The molecule has 0 saturated heterocycles. The Kier molecular flexibility index (Phi) is 12.6. The summed E-state index contributed by atoms with van der Waals surface area (Å²) in [6, 6.07) is 0. The van der Waals surface area contributed by atoms with E-state index in [9.17, 15) is 0 Å². The van der Waals surface area contributed by atoms with E-state index in [-0.39, 0.29) is 41.0 Å². The summed E-state index contributed by atoms with van der Waals surface area (Å²) in [5.41, 5.74) is 0. The summed E-state index contributed by atoms with van der Waals surface area (Å²) in [6.07, 6.45) is 0. The molecule has 0 aromatic carbocycles. The third kappa shape index (κ3) is 15.7. The molecule has 0 heterocycles. The first-order valence-electron chi connectivity index (χ1n) is 1.28. The fraction of sp³-hybridized carbons (Fsp3) is 0. The van der Waals surface area contributed by atoms with Crippen molar-refractivity contribution >= 4 is 25.7 Å². The van der Waals surface area contributed by atoms with Crippen LogP contribution < -0.4 is 18.9 Å². The molecule has 0 atom stereocenters. The molecule has 0 spiro atoms. The molecule has 0 aliphatic heterocycles. The first kappa shape index (κ1) is 16.1. The van der Waals surface area contributed by atoms with Gasteiger partial charge in [0.1, 0.15) is 0 Å². The van der Waals surface area contributed by atoms with E-state index in [1.807, 2.05) is 0 Å². The third-order valence-electron chi connectivity index (χ3n) is 0.274. The van der Waals surface area contributed by atoms with Crippen molar-refractivity contribution < 1.29 is 42.2 Å². The minimum atomic E-state index is -4.07. The average molecular weight is 148 g/mol.